The zero-order valence-electron chi connectivity index (χ0n) is 11.2. The first kappa shape index (κ1) is 12.8. The van der Waals surface area contributed by atoms with Gasteiger partial charge in [0, 0.05) is 5.69 Å². The summed E-state index contributed by atoms with van der Waals surface area (Å²) in [7, 11) is 0. The molecule has 0 fully saturated rings. The van der Waals surface area contributed by atoms with Crippen molar-refractivity contribution < 1.29 is 5.11 Å². The number of hydrogen-bond donors (Lipinski definition) is 2. The summed E-state index contributed by atoms with van der Waals surface area (Å²) in [6.07, 6.45) is 1.44. The summed E-state index contributed by atoms with van der Waals surface area (Å²) < 4.78 is 2.17. The number of rotatable bonds is 1. The van der Waals surface area contributed by atoms with Crippen molar-refractivity contribution in [2.24, 2.45) is 0 Å². The Balaban J connectivity index is 2.02. The summed E-state index contributed by atoms with van der Waals surface area (Å²) in [6, 6.07) is 10.2. The Morgan fingerprint density at radius 3 is 2.91 bits per heavy atom. The predicted molar refractivity (Wildman–Crippen MR) is 86.6 cm³/mol. The van der Waals surface area contributed by atoms with Gasteiger partial charge in [0.05, 0.1) is 15.6 Å². The Bertz CT molecular complexity index is 1080. The molecule has 0 aliphatic rings. The van der Waals surface area contributed by atoms with Gasteiger partial charge in [0.1, 0.15) is 17.6 Å². The highest BCUT2D eigenvalue weighted by Crippen LogP contribution is 2.30. The van der Waals surface area contributed by atoms with E-state index in [0.29, 0.717) is 27.2 Å². The molecule has 2 aromatic heterocycles. The molecular formula is C15H10N4O2S. The third kappa shape index (κ3) is 1.83. The van der Waals surface area contributed by atoms with Crippen molar-refractivity contribution in [3.63, 3.8) is 0 Å². The van der Waals surface area contributed by atoms with Gasteiger partial charge in [-0.25, -0.2) is 14.5 Å². The summed E-state index contributed by atoms with van der Waals surface area (Å²) in [5, 5.41) is 10.7. The van der Waals surface area contributed by atoms with E-state index < -0.39 is 0 Å². The highest BCUT2D eigenvalue weighted by atomic mass is 32.1. The van der Waals surface area contributed by atoms with Gasteiger partial charge in [0.2, 0.25) is 0 Å². The quantitative estimate of drug-likeness (QED) is 0.526. The van der Waals surface area contributed by atoms with E-state index in [1.54, 1.807) is 30.3 Å². The second-order valence-corrected chi connectivity index (χ2v) is 5.83. The van der Waals surface area contributed by atoms with Crippen LogP contribution in [-0.4, -0.2) is 19.6 Å². The normalized spacial score (nSPS) is 11.3. The molecule has 4 rings (SSSR count). The standard InChI is InChI=1S/C15H10N4O2S/c16-8-4-5-10-9(6-8)14(21)19(7-17-10)15-18-13-11(20)2-1-3-12(13)22-15/h1-7,20H,16H2. The third-order valence-corrected chi connectivity index (χ3v) is 4.39. The number of aromatic hydroxyl groups is 1. The van der Waals surface area contributed by atoms with E-state index in [-0.39, 0.29) is 11.3 Å². The van der Waals surface area contributed by atoms with Gasteiger partial charge >= 0.3 is 0 Å². The van der Waals surface area contributed by atoms with Crippen LogP contribution in [-0.2, 0) is 0 Å². The van der Waals surface area contributed by atoms with Gasteiger partial charge in [-0.3, -0.25) is 4.79 Å². The molecule has 0 spiro atoms. The van der Waals surface area contributed by atoms with Gasteiger partial charge in [-0.05, 0) is 30.3 Å². The number of nitrogen functional groups attached to an aromatic ring is 1. The van der Waals surface area contributed by atoms with Gasteiger partial charge in [0.15, 0.2) is 5.13 Å². The van der Waals surface area contributed by atoms with Crippen LogP contribution in [0.3, 0.4) is 0 Å². The zero-order chi connectivity index (χ0) is 15.3. The summed E-state index contributed by atoms with van der Waals surface area (Å²) in [5.41, 5.74) is 7.06. The lowest BCUT2D eigenvalue weighted by atomic mass is 10.2. The maximum atomic E-state index is 12.6. The van der Waals surface area contributed by atoms with Crippen molar-refractivity contribution in [3.8, 4) is 10.9 Å². The van der Waals surface area contributed by atoms with Crippen LogP contribution >= 0.6 is 11.3 Å². The SMILES string of the molecule is Nc1ccc2ncn(-c3nc4c(O)cccc4s3)c(=O)c2c1. The van der Waals surface area contributed by atoms with E-state index >= 15 is 0 Å². The average molecular weight is 310 g/mol. The fourth-order valence-electron chi connectivity index (χ4n) is 2.30. The van der Waals surface area contributed by atoms with Gasteiger partial charge in [-0.15, -0.1) is 0 Å². The summed E-state index contributed by atoms with van der Waals surface area (Å²) in [5.74, 6) is 0.0889. The first-order valence-corrected chi connectivity index (χ1v) is 7.31. The number of anilines is 1. The number of para-hydroxylation sites is 1. The summed E-state index contributed by atoms with van der Waals surface area (Å²) in [6.45, 7) is 0. The number of thiazole rings is 1. The van der Waals surface area contributed by atoms with Crippen LogP contribution in [0.25, 0.3) is 26.3 Å². The Kier molecular flexibility index (Phi) is 2.64. The minimum absolute atomic E-state index is 0.0889. The van der Waals surface area contributed by atoms with Crippen LogP contribution < -0.4 is 11.3 Å². The van der Waals surface area contributed by atoms with Crippen molar-refractivity contribution >= 4 is 38.1 Å². The number of aromatic nitrogens is 3. The Morgan fingerprint density at radius 1 is 1.23 bits per heavy atom. The molecule has 6 nitrogen and oxygen atoms in total. The van der Waals surface area contributed by atoms with E-state index in [9.17, 15) is 9.90 Å². The molecule has 0 bridgehead atoms. The number of nitrogens with zero attached hydrogens (tertiary/aromatic N) is 3. The topological polar surface area (TPSA) is 94.0 Å². The van der Waals surface area contributed by atoms with Gasteiger partial charge in [0.25, 0.3) is 5.56 Å². The number of hydrogen-bond acceptors (Lipinski definition) is 6. The van der Waals surface area contributed by atoms with Crippen LogP contribution in [0.1, 0.15) is 0 Å². The second-order valence-electron chi connectivity index (χ2n) is 4.82. The maximum absolute atomic E-state index is 12.6. The molecule has 108 valence electrons. The fourth-order valence-corrected chi connectivity index (χ4v) is 3.26. The molecule has 22 heavy (non-hydrogen) atoms. The van der Waals surface area contributed by atoms with E-state index in [0.717, 1.165) is 4.70 Å². The highest BCUT2D eigenvalue weighted by Gasteiger charge is 2.12. The van der Waals surface area contributed by atoms with Gasteiger partial charge in [-0.1, -0.05) is 17.4 Å². The lowest BCUT2D eigenvalue weighted by Crippen LogP contribution is -2.18. The monoisotopic (exact) mass is 310 g/mol. The van der Waals surface area contributed by atoms with Crippen molar-refractivity contribution in [1.82, 2.24) is 14.5 Å². The molecule has 0 aliphatic heterocycles. The first-order chi connectivity index (χ1) is 10.6. The summed E-state index contributed by atoms with van der Waals surface area (Å²) in [4.78, 5) is 21.2. The molecule has 0 aliphatic carbocycles. The van der Waals surface area contributed by atoms with Crippen molar-refractivity contribution in [1.29, 1.82) is 0 Å². The highest BCUT2D eigenvalue weighted by molar-refractivity contribution is 7.20. The molecule has 0 amide bonds. The molecular weight excluding hydrogens is 300 g/mol. The van der Waals surface area contributed by atoms with Crippen LogP contribution in [0.15, 0.2) is 47.5 Å². The molecule has 2 aromatic carbocycles. The zero-order valence-corrected chi connectivity index (χ0v) is 12.0. The summed E-state index contributed by atoms with van der Waals surface area (Å²) >= 11 is 1.31. The Hall–Kier alpha value is -2.93. The van der Waals surface area contributed by atoms with Crippen molar-refractivity contribution in [2.75, 3.05) is 5.73 Å². The number of benzene rings is 2. The average Bonchev–Trinajstić information content (AvgIpc) is 2.93. The number of phenols is 1. The Morgan fingerprint density at radius 2 is 2.09 bits per heavy atom. The molecule has 0 saturated carbocycles. The number of phenolic OH excluding ortho intramolecular Hbond substituents is 1. The van der Waals surface area contributed by atoms with Crippen molar-refractivity contribution in [3.05, 3.63) is 53.1 Å². The molecule has 0 atom stereocenters. The van der Waals surface area contributed by atoms with Crippen LogP contribution in [0.4, 0.5) is 5.69 Å². The van der Waals surface area contributed by atoms with E-state index in [2.05, 4.69) is 9.97 Å². The lowest BCUT2D eigenvalue weighted by molar-refractivity contribution is 0.480. The molecule has 0 radical (unpaired) electrons. The number of nitrogens with two attached hydrogens (primary N) is 1. The molecule has 0 unspecified atom stereocenters. The second kappa shape index (κ2) is 4.54. The van der Waals surface area contributed by atoms with Gasteiger partial charge < -0.3 is 10.8 Å². The number of fused-ring (bicyclic) bond motifs is 2. The minimum atomic E-state index is -0.240. The Labute approximate surface area is 128 Å². The van der Waals surface area contributed by atoms with Gasteiger partial charge in [-0.2, -0.15) is 0 Å². The van der Waals surface area contributed by atoms with E-state index in [1.165, 1.54) is 22.2 Å². The predicted octanol–water partition coefficient (Wildman–Crippen LogP) is 2.28. The minimum Gasteiger partial charge on any atom is -0.506 e. The smallest absolute Gasteiger partial charge is 0.267 e. The largest absolute Gasteiger partial charge is 0.506 e. The van der Waals surface area contributed by atoms with Crippen LogP contribution in [0.2, 0.25) is 0 Å². The van der Waals surface area contributed by atoms with Crippen LogP contribution in [0.5, 0.6) is 5.75 Å². The third-order valence-electron chi connectivity index (χ3n) is 3.37. The van der Waals surface area contributed by atoms with Crippen LogP contribution in [0, 0.1) is 0 Å². The van der Waals surface area contributed by atoms with Crippen molar-refractivity contribution in [2.45, 2.75) is 0 Å². The lowest BCUT2D eigenvalue weighted by Gasteiger charge is -2.03. The molecule has 2 heterocycles. The van der Waals surface area contributed by atoms with E-state index in [1.807, 2.05) is 6.07 Å². The fraction of sp³-hybridized carbons (Fsp3) is 0. The maximum Gasteiger partial charge on any atom is 0.267 e. The first-order valence-electron chi connectivity index (χ1n) is 6.49. The molecule has 4 aromatic rings. The van der Waals surface area contributed by atoms with E-state index in [4.69, 9.17) is 5.73 Å². The molecule has 0 saturated heterocycles. The molecule has 3 N–H and O–H groups in total. The molecule has 7 heteroatoms.